The zero-order chi connectivity index (χ0) is 16.5. The van der Waals surface area contributed by atoms with E-state index in [9.17, 15) is 8.42 Å². The summed E-state index contributed by atoms with van der Waals surface area (Å²) in [5.41, 5.74) is 2.57. The van der Waals surface area contributed by atoms with Gasteiger partial charge in [-0.15, -0.1) is 0 Å². The van der Waals surface area contributed by atoms with Crippen molar-refractivity contribution in [3.8, 4) is 0 Å². The van der Waals surface area contributed by atoms with Gasteiger partial charge in [0.25, 0.3) is 0 Å². The van der Waals surface area contributed by atoms with Crippen LogP contribution in [0.3, 0.4) is 0 Å². The number of nitrogens with zero attached hydrogens (tertiary/aromatic N) is 4. The number of hydrogen-bond acceptors (Lipinski definition) is 5. The van der Waals surface area contributed by atoms with Crippen molar-refractivity contribution in [2.75, 3.05) is 31.1 Å². The highest BCUT2D eigenvalue weighted by Gasteiger charge is 2.48. The Bertz CT molecular complexity index is 776. The van der Waals surface area contributed by atoms with Gasteiger partial charge in [0.15, 0.2) is 0 Å². The van der Waals surface area contributed by atoms with Gasteiger partial charge >= 0.3 is 0 Å². The van der Waals surface area contributed by atoms with Crippen LogP contribution in [0.15, 0.2) is 0 Å². The van der Waals surface area contributed by atoms with E-state index >= 15 is 0 Å². The second-order valence-corrected chi connectivity index (χ2v) is 10.1. The zero-order valence-corrected chi connectivity index (χ0v) is 14.9. The number of rotatable bonds is 3. The van der Waals surface area contributed by atoms with Gasteiger partial charge in [-0.3, -0.25) is 0 Å². The summed E-state index contributed by atoms with van der Waals surface area (Å²) in [4.78, 5) is 11.7. The fourth-order valence-electron chi connectivity index (χ4n) is 4.70. The molecule has 0 aromatic carbocycles. The summed E-state index contributed by atoms with van der Waals surface area (Å²) in [7, 11) is -3.02. The minimum atomic E-state index is -3.02. The summed E-state index contributed by atoms with van der Waals surface area (Å²) in [6.45, 7) is 5.25. The largest absolute Gasteiger partial charge is 0.356 e. The molecule has 0 N–H and O–H groups in total. The maximum absolute atomic E-state index is 12.5. The molecule has 2 saturated heterocycles. The summed E-state index contributed by atoms with van der Waals surface area (Å²) in [6.07, 6.45) is 5.03. The molecule has 5 rings (SSSR count). The van der Waals surface area contributed by atoms with Crippen molar-refractivity contribution in [1.82, 2.24) is 14.3 Å². The summed E-state index contributed by atoms with van der Waals surface area (Å²) in [5, 5.41) is -0.0831. The van der Waals surface area contributed by atoms with Gasteiger partial charge in [0.1, 0.15) is 11.6 Å². The molecular weight excluding hydrogens is 324 g/mol. The van der Waals surface area contributed by atoms with Gasteiger partial charge in [0.05, 0.1) is 5.25 Å². The average Bonchev–Trinajstić information content (AvgIpc) is 2.99. The molecule has 0 radical (unpaired) electrons. The molecule has 1 aromatic heterocycles. The maximum atomic E-state index is 12.5. The first-order valence-electron chi connectivity index (χ1n) is 9.12. The van der Waals surface area contributed by atoms with E-state index in [1.165, 1.54) is 17.7 Å². The first-order chi connectivity index (χ1) is 11.5. The first kappa shape index (κ1) is 15.1. The normalized spacial score (nSPS) is 30.0. The predicted octanol–water partition coefficient (Wildman–Crippen LogP) is 1.13. The van der Waals surface area contributed by atoms with Crippen LogP contribution in [0.25, 0.3) is 0 Å². The number of fused-ring (bicyclic) bond motifs is 2. The van der Waals surface area contributed by atoms with E-state index in [-0.39, 0.29) is 5.25 Å². The molecule has 3 heterocycles. The van der Waals surface area contributed by atoms with Crippen molar-refractivity contribution >= 4 is 15.8 Å². The second kappa shape index (κ2) is 5.14. The predicted molar refractivity (Wildman–Crippen MR) is 91.5 cm³/mol. The molecule has 1 aromatic rings. The lowest BCUT2D eigenvalue weighted by molar-refractivity contribution is 0.452. The fourth-order valence-corrected chi connectivity index (χ4v) is 6.65. The van der Waals surface area contributed by atoms with Crippen LogP contribution >= 0.6 is 0 Å². The second-order valence-electron chi connectivity index (χ2n) is 7.86. The summed E-state index contributed by atoms with van der Waals surface area (Å²) in [6, 6.07) is 0. The Balaban J connectivity index is 1.36. The Morgan fingerprint density at radius 2 is 1.71 bits per heavy atom. The van der Waals surface area contributed by atoms with Crippen molar-refractivity contribution in [2.45, 2.75) is 44.3 Å². The Morgan fingerprint density at radius 1 is 1.00 bits per heavy atom. The van der Waals surface area contributed by atoms with Gasteiger partial charge in [-0.1, -0.05) is 0 Å². The van der Waals surface area contributed by atoms with Crippen molar-refractivity contribution in [2.24, 2.45) is 11.8 Å². The van der Waals surface area contributed by atoms with Gasteiger partial charge in [-0.25, -0.2) is 22.7 Å². The topological polar surface area (TPSA) is 66.4 Å². The van der Waals surface area contributed by atoms with Crippen molar-refractivity contribution in [3.05, 3.63) is 17.1 Å². The van der Waals surface area contributed by atoms with E-state index in [1.807, 2.05) is 6.92 Å². The van der Waals surface area contributed by atoms with Crippen LogP contribution in [-0.2, 0) is 22.9 Å². The van der Waals surface area contributed by atoms with E-state index in [4.69, 9.17) is 4.98 Å². The monoisotopic (exact) mass is 348 g/mol. The molecule has 6 nitrogen and oxygen atoms in total. The smallest absolute Gasteiger partial charge is 0.217 e. The van der Waals surface area contributed by atoms with Crippen LogP contribution in [-0.4, -0.2) is 54.1 Å². The maximum Gasteiger partial charge on any atom is 0.217 e. The standard InChI is InChI=1S/C17H24N4O2S/c1-11-18-16-4-2-3-15(16)17(19-11)20-7-12-9-21(10-13(12)8-20)24(22,23)14-5-6-14/h12-14H,2-10H2,1H3. The Labute approximate surface area is 143 Å². The summed E-state index contributed by atoms with van der Waals surface area (Å²) >= 11 is 0. The Hall–Kier alpha value is -1.21. The van der Waals surface area contributed by atoms with Crippen molar-refractivity contribution < 1.29 is 8.42 Å². The van der Waals surface area contributed by atoms with Crippen LogP contribution in [0.5, 0.6) is 0 Å². The molecule has 0 amide bonds. The lowest BCUT2D eigenvalue weighted by atomic mass is 10.0. The molecule has 2 aliphatic carbocycles. The zero-order valence-electron chi connectivity index (χ0n) is 14.1. The van der Waals surface area contributed by atoms with Gasteiger partial charge in [0.2, 0.25) is 10.0 Å². The molecule has 3 fully saturated rings. The van der Waals surface area contributed by atoms with E-state index in [2.05, 4.69) is 9.88 Å². The van der Waals surface area contributed by atoms with Crippen LogP contribution in [0.4, 0.5) is 5.82 Å². The first-order valence-corrected chi connectivity index (χ1v) is 10.6. The lowest BCUT2D eigenvalue weighted by Gasteiger charge is -2.24. The highest BCUT2D eigenvalue weighted by atomic mass is 32.2. The van der Waals surface area contributed by atoms with Crippen LogP contribution in [0.2, 0.25) is 0 Å². The average molecular weight is 348 g/mol. The molecule has 0 bridgehead atoms. The van der Waals surface area contributed by atoms with Crippen LogP contribution in [0.1, 0.15) is 36.3 Å². The minimum Gasteiger partial charge on any atom is -0.356 e. The van der Waals surface area contributed by atoms with E-state index in [0.717, 1.165) is 50.4 Å². The SMILES string of the molecule is Cc1nc2c(c(N3CC4CN(S(=O)(=O)C5CC5)CC4C3)n1)CCC2. The number of hydrogen-bond donors (Lipinski definition) is 0. The summed E-state index contributed by atoms with van der Waals surface area (Å²) < 4.78 is 26.7. The molecule has 130 valence electrons. The number of aromatic nitrogens is 2. The quantitative estimate of drug-likeness (QED) is 0.819. The van der Waals surface area contributed by atoms with Gasteiger partial charge < -0.3 is 4.90 Å². The summed E-state index contributed by atoms with van der Waals surface area (Å²) in [5.74, 6) is 2.89. The highest BCUT2D eigenvalue weighted by Crippen LogP contribution is 2.40. The number of sulfonamides is 1. The number of aryl methyl sites for hydroxylation is 2. The third-order valence-corrected chi connectivity index (χ3v) is 8.41. The fraction of sp³-hybridized carbons (Fsp3) is 0.765. The van der Waals surface area contributed by atoms with E-state index in [1.54, 1.807) is 4.31 Å². The van der Waals surface area contributed by atoms with E-state index in [0.29, 0.717) is 24.9 Å². The Morgan fingerprint density at radius 3 is 2.38 bits per heavy atom. The van der Waals surface area contributed by atoms with E-state index < -0.39 is 10.0 Å². The van der Waals surface area contributed by atoms with Crippen LogP contribution in [0, 0.1) is 18.8 Å². The minimum absolute atomic E-state index is 0.0831. The van der Waals surface area contributed by atoms with Crippen molar-refractivity contribution in [1.29, 1.82) is 0 Å². The van der Waals surface area contributed by atoms with Crippen molar-refractivity contribution in [3.63, 3.8) is 0 Å². The van der Waals surface area contributed by atoms with Gasteiger partial charge in [0, 0.05) is 37.4 Å². The Kier molecular flexibility index (Phi) is 3.23. The molecule has 2 atom stereocenters. The van der Waals surface area contributed by atoms with Gasteiger partial charge in [-0.05, 0) is 50.9 Å². The molecule has 24 heavy (non-hydrogen) atoms. The third-order valence-electron chi connectivity index (χ3n) is 6.08. The molecule has 7 heteroatoms. The number of anilines is 1. The molecule has 2 unspecified atom stereocenters. The lowest BCUT2D eigenvalue weighted by Crippen LogP contribution is -2.35. The molecule has 4 aliphatic rings. The third kappa shape index (κ3) is 2.28. The highest BCUT2D eigenvalue weighted by molar-refractivity contribution is 7.90. The molecular formula is C17H24N4O2S. The molecule has 1 saturated carbocycles. The van der Waals surface area contributed by atoms with Crippen LogP contribution < -0.4 is 4.90 Å². The van der Waals surface area contributed by atoms with Gasteiger partial charge in [-0.2, -0.15) is 0 Å². The molecule has 2 aliphatic heterocycles. The molecule has 0 spiro atoms.